The first-order valence-corrected chi connectivity index (χ1v) is 8.91. The van der Waals surface area contributed by atoms with Gasteiger partial charge in [-0.25, -0.2) is 0 Å². The van der Waals surface area contributed by atoms with Gasteiger partial charge < -0.3 is 14.6 Å². The Hall–Kier alpha value is -3.25. The largest absolute Gasteiger partial charge is 0.392 e. The number of pyridine rings is 1. The van der Waals surface area contributed by atoms with Crippen molar-refractivity contribution < 1.29 is 5.11 Å². The monoisotopic (exact) mass is 359 g/mol. The van der Waals surface area contributed by atoms with Gasteiger partial charge in [0.1, 0.15) is 6.33 Å². The molecule has 6 heteroatoms. The van der Waals surface area contributed by atoms with Crippen molar-refractivity contribution in [1.82, 2.24) is 19.7 Å². The Kier molecular flexibility index (Phi) is 4.80. The van der Waals surface area contributed by atoms with E-state index in [1.54, 1.807) is 13.3 Å². The molecule has 0 saturated heterocycles. The van der Waals surface area contributed by atoms with E-state index in [9.17, 15) is 5.11 Å². The van der Waals surface area contributed by atoms with Crippen LogP contribution in [0.15, 0.2) is 73.5 Å². The zero-order valence-corrected chi connectivity index (χ0v) is 15.1. The lowest BCUT2D eigenvalue weighted by molar-refractivity contribution is 0.174. The maximum Gasteiger partial charge on any atom is 0.163 e. The fourth-order valence-electron chi connectivity index (χ4n) is 3.20. The molecular weight excluding hydrogens is 338 g/mol. The fraction of sp³-hybridized carbons (Fsp3) is 0.190. The van der Waals surface area contributed by atoms with E-state index in [1.807, 2.05) is 41.2 Å². The second-order valence-electron chi connectivity index (χ2n) is 6.60. The van der Waals surface area contributed by atoms with Crippen molar-refractivity contribution in [2.24, 2.45) is 0 Å². The van der Waals surface area contributed by atoms with Gasteiger partial charge in [-0.1, -0.05) is 18.2 Å². The highest BCUT2D eigenvalue weighted by molar-refractivity contribution is 5.75. The second kappa shape index (κ2) is 7.55. The van der Waals surface area contributed by atoms with Crippen LogP contribution >= 0.6 is 0 Å². The van der Waals surface area contributed by atoms with Crippen LogP contribution in [0.25, 0.3) is 17.0 Å². The minimum Gasteiger partial charge on any atom is -0.392 e. The van der Waals surface area contributed by atoms with E-state index in [0.29, 0.717) is 6.54 Å². The van der Waals surface area contributed by atoms with Crippen molar-refractivity contribution in [3.8, 4) is 11.4 Å². The summed E-state index contributed by atoms with van der Waals surface area (Å²) in [6.07, 6.45) is 11.1. The van der Waals surface area contributed by atoms with Gasteiger partial charge in [-0.2, -0.15) is 0 Å². The summed E-state index contributed by atoms with van der Waals surface area (Å²) in [5.74, 6) is 0.753. The van der Waals surface area contributed by atoms with E-state index in [4.69, 9.17) is 0 Å². The number of allylic oxidation sites excluding steroid dienone is 2. The molecule has 0 saturated carbocycles. The zero-order chi connectivity index (χ0) is 18.6. The Labute approximate surface area is 158 Å². The summed E-state index contributed by atoms with van der Waals surface area (Å²) in [7, 11) is 0. The predicted molar refractivity (Wildman–Crippen MR) is 106 cm³/mol. The van der Waals surface area contributed by atoms with Crippen molar-refractivity contribution in [3.63, 3.8) is 0 Å². The second-order valence-corrected chi connectivity index (χ2v) is 6.60. The number of aromatic nitrogens is 4. The van der Waals surface area contributed by atoms with Gasteiger partial charge in [-0.05, 0) is 48.4 Å². The van der Waals surface area contributed by atoms with Crippen molar-refractivity contribution in [2.75, 3.05) is 11.4 Å². The minimum atomic E-state index is -0.457. The summed E-state index contributed by atoms with van der Waals surface area (Å²) >= 11 is 0. The Morgan fingerprint density at radius 2 is 2.00 bits per heavy atom. The van der Waals surface area contributed by atoms with Gasteiger partial charge in [-0.15, -0.1) is 10.2 Å². The van der Waals surface area contributed by atoms with Crippen molar-refractivity contribution in [3.05, 3.63) is 79.0 Å². The molecule has 3 heterocycles. The molecule has 0 amide bonds. The van der Waals surface area contributed by atoms with E-state index < -0.39 is 6.10 Å². The van der Waals surface area contributed by atoms with Crippen LogP contribution in [0.2, 0.25) is 0 Å². The molecule has 1 aliphatic heterocycles. The van der Waals surface area contributed by atoms with Crippen LogP contribution in [0.3, 0.4) is 0 Å². The molecule has 0 radical (unpaired) electrons. The van der Waals surface area contributed by atoms with Crippen molar-refractivity contribution in [2.45, 2.75) is 19.6 Å². The summed E-state index contributed by atoms with van der Waals surface area (Å²) in [5.41, 5.74) is 4.46. The molecule has 1 atom stereocenters. The summed E-state index contributed by atoms with van der Waals surface area (Å²) < 4.78 is 1.87. The molecular formula is C21H21N5O. The number of rotatable bonds is 5. The number of anilines is 1. The van der Waals surface area contributed by atoms with Gasteiger partial charge >= 0.3 is 0 Å². The molecule has 2 aromatic heterocycles. The molecule has 6 nitrogen and oxygen atoms in total. The normalized spacial score (nSPS) is 14.9. The van der Waals surface area contributed by atoms with Gasteiger partial charge in [0.2, 0.25) is 0 Å². The maximum absolute atomic E-state index is 9.69. The number of aliphatic hydroxyl groups is 1. The zero-order valence-electron chi connectivity index (χ0n) is 15.1. The molecule has 0 unspecified atom stereocenters. The van der Waals surface area contributed by atoms with Crippen molar-refractivity contribution >= 4 is 11.3 Å². The molecule has 27 heavy (non-hydrogen) atoms. The maximum atomic E-state index is 9.69. The SMILES string of the molecule is C[C@@H](O)Cn1cnnc1-c1cccc(N2C=CC=C(c3ccncc3)C2)c1. The fourth-order valence-corrected chi connectivity index (χ4v) is 3.20. The van der Waals surface area contributed by atoms with E-state index in [0.717, 1.165) is 23.6 Å². The third-order valence-electron chi connectivity index (χ3n) is 4.47. The average Bonchev–Trinajstić information content (AvgIpc) is 3.16. The van der Waals surface area contributed by atoms with Gasteiger partial charge in [-0.3, -0.25) is 4.98 Å². The van der Waals surface area contributed by atoms with Crippen LogP contribution in [0, 0.1) is 0 Å². The standard InChI is InChI=1S/C21H21N5O/c1-16(27)13-26-15-23-24-21(26)18-4-2-6-20(12-18)25-11-3-5-19(14-25)17-7-9-22-10-8-17/h2-12,15-16,27H,13-14H2,1H3/t16-/m1/s1. The third-order valence-corrected chi connectivity index (χ3v) is 4.47. The molecule has 0 bridgehead atoms. The molecule has 0 fully saturated rings. The third kappa shape index (κ3) is 3.80. The highest BCUT2D eigenvalue weighted by Gasteiger charge is 2.14. The molecule has 136 valence electrons. The smallest absolute Gasteiger partial charge is 0.163 e. The van der Waals surface area contributed by atoms with Crippen LogP contribution in [0.4, 0.5) is 5.69 Å². The van der Waals surface area contributed by atoms with Gasteiger partial charge in [0.05, 0.1) is 12.6 Å². The first-order valence-electron chi connectivity index (χ1n) is 8.91. The number of benzene rings is 1. The molecule has 1 aliphatic rings. The quantitative estimate of drug-likeness (QED) is 0.758. The summed E-state index contributed by atoms with van der Waals surface area (Å²) in [6.45, 7) is 3.00. The van der Waals surface area contributed by atoms with E-state index >= 15 is 0 Å². The van der Waals surface area contributed by atoms with Crippen LogP contribution < -0.4 is 4.90 Å². The van der Waals surface area contributed by atoms with Gasteiger partial charge in [0.15, 0.2) is 5.82 Å². The first kappa shape index (κ1) is 17.2. The van der Waals surface area contributed by atoms with E-state index in [2.05, 4.69) is 50.6 Å². The Bertz CT molecular complexity index is 975. The lowest BCUT2D eigenvalue weighted by Crippen LogP contribution is -2.20. The number of hydrogen-bond donors (Lipinski definition) is 1. The summed E-state index contributed by atoms with van der Waals surface area (Å²) in [4.78, 5) is 6.30. The highest BCUT2D eigenvalue weighted by Crippen LogP contribution is 2.27. The number of hydrogen-bond acceptors (Lipinski definition) is 5. The van der Waals surface area contributed by atoms with Crippen LogP contribution in [0.1, 0.15) is 12.5 Å². The van der Waals surface area contributed by atoms with Crippen LogP contribution in [0.5, 0.6) is 0 Å². The predicted octanol–water partition coefficient (Wildman–Crippen LogP) is 3.14. The summed E-state index contributed by atoms with van der Waals surface area (Å²) in [5, 5.41) is 17.9. The highest BCUT2D eigenvalue weighted by atomic mass is 16.3. The first-order chi connectivity index (χ1) is 13.2. The molecule has 4 rings (SSSR count). The molecule has 1 aromatic carbocycles. The van der Waals surface area contributed by atoms with Gasteiger partial charge in [0.25, 0.3) is 0 Å². The molecule has 1 N–H and O–H groups in total. The minimum absolute atomic E-state index is 0.457. The average molecular weight is 359 g/mol. The number of aliphatic hydroxyl groups excluding tert-OH is 1. The molecule has 0 aliphatic carbocycles. The van der Waals surface area contributed by atoms with E-state index in [-0.39, 0.29) is 0 Å². The van der Waals surface area contributed by atoms with E-state index in [1.165, 1.54) is 11.1 Å². The van der Waals surface area contributed by atoms with Crippen LogP contribution in [-0.2, 0) is 6.54 Å². The summed E-state index contributed by atoms with van der Waals surface area (Å²) in [6, 6.07) is 12.3. The van der Waals surface area contributed by atoms with Crippen LogP contribution in [-0.4, -0.2) is 37.5 Å². The lowest BCUT2D eigenvalue weighted by Gasteiger charge is -2.25. The topological polar surface area (TPSA) is 67.1 Å². The Morgan fingerprint density at radius 1 is 1.15 bits per heavy atom. The Balaban J connectivity index is 1.60. The van der Waals surface area contributed by atoms with Gasteiger partial charge in [0, 0.05) is 36.4 Å². The lowest BCUT2D eigenvalue weighted by atomic mass is 10.0. The Morgan fingerprint density at radius 3 is 2.81 bits per heavy atom. The molecule has 0 spiro atoms. The number of nitrogens with zero attached hydrogens (tertiary/aromatic N) is 5. The molecule has 3 aromatic rings. The van der Waals surface area contributed by atoms with Crippen molar-refractivity contribution in [1.29, 1.82) is 0 Å².